The Labute approximate surface area is 149 Å². The van der Waals surface area contributed by atoms with Crippen LogP contribution in [-0.2, 0) is 12.8 Å². The highest BCUT2D eigenvalue weighted by Crippen LogP contribution is 2.39. The quantitative estimate of drug-likeness (QED) is 0.545. The number of hydrogen-bond acceptors (Lipinski definition) is 5. The molecule has 0 fully saturated rings. The van der Waals surface area contributed by atoms with E-state index in [0.717, 1.165) is 46.4 Å². The molecule has 0 unspecified atom stereocenters. The second-order valence-corrected chi connectivity index (χ2v) is 7.81. The number of benzene rings is 1. The monoisotopic (exact) mass is 350 g/mol. The van der Waals surface area contributed by atoms with Gasteiger partial charge in [-0.1, -0.05) is 19.1 Å². The molecule has 0 aliphatic heterocycles. The van der Waals surface area contributed by atoms with Crippen LogP contribution in [0.15, 0.2) is 30.6 Å². The summed E-state index contributed by atoms with van der Waals surface area (Å²) in [4.78, 5) is 7.26. The number of hydrogen-bond donors (Lipinski definition) is 0. The molecule has 3 aromatic heterocycles. The summed E-state index contributed by atoms with van der Waals surface area (Å²) in [7, 11) is 1.67. The van der Waals surface area contributed by atoms with Crippen molar-refractivity contribution in [1.82, 2.24) is 19.6 Å². The third-order valence-corrected chi connectivity index (χ3v) is 6.19. The molecule has 0 N–H and O–H groups in total. The summed E-state index contributed by atoms with van der Waals surface area (Å²) < 4.78 is 7.34. The first-order chi connectivity index (χ1) is 12.2. The zero-order chi connectivity index (χ0) is 17.0. The Bertz CT molecular complexity index is 1100. The molecule has 1 aliphatic carbocycles. The molecular formula is C19H18N4OS. The van der Waals surface area contributed by atoms with Gasteiger partial charge in [0.25, 0.3) is 0 Å². The zero-order valence-electron chi connectivity index (χ0n) is 14.2. The maximum Gasteiger partial charge on any atom is 0.172 e. The van der Waals surface area contributed by atoms with Gasteiger partial charge in [0.15, 0.2) is 11.5 Å². The molecule has 1 aliphatic rings. The van der Waals surface area contributed by atoms with Gasteiger partial charge in [-0.05, 0) is 42.9 Å². The van der Waals surface area contributed by atoms with E-state index < -0.39 is 0 Å². The summed E-state index contributed by atoms with van der Waals surface area (Å²) in [5.41, 5.74) is 3.32. The minimum absolute atomic E-state index is 0.752. The Morgan fingerprint density at radius 2 is 2.20 bits per heavy atom. The Balaban J connectivity index is 1.74. The van der Waals surface area contributed by atoms with Crippen molar-refractivity contribution in [2.45, 2.75) is 26.2 Å². The van der Waals surface area contributed by atoms with Crippen LogP contribution in [0.25, 0.3) is 27.3 Å². The maximum atomic E-state index is 5.34. The van der Waals surface area contributed by atoms with Crippen molar-refractivity contribution < 1.29 is 4.74 Å². The molecule has 0 saturated heterocycles. The Hall–Kier alpha value is -2.47. The van der Waals surface area contributed by atoms with Crippen molar-refractivity contribution in [2.24, 2.45) is 5.92 Å². The topological polar surface area (TPSA) is 52.3 Å². The minimum atomic E-state index is 0.752. The number of thiophene rings is 1. The molecule has 5 nitrogen and oxygen atoms in total. The van der Waals surface area contributed by atoms with Gasteiger partial charge < -0.3 is 4.74 Å². The molecule has 5 rings (SSSR count). The number of ether oxygens (including phenoxy) is 1. The number of aromatic nitrogens is 4. The highest BCUT2D eigenvalue weighted by Gasteiger charge is 2.24. The standard InChI is InChI=1S/C19H18N4OS/c1-11-6-7-14-15(8-11)25-19-16(14)18-22-21-17(23(18)10-20-19)12-4-3-5-13(9-12)24-2/h3-5,9-11H,6-8H2,1-2H3/t11-/m1/s1. The molecule has 25 heavy (non-hydrogen) atoms. The van der Waals surface area contributed by atoms with Crippen LogP contribution in [-0.4, -0.2) is 26.7 Å². The fraction of sp³-hybridized carbons (Fsp3) is 0.316. The SMILES string of the molecule is COc1cccc(-c2nnc3c4c5c(sc4ncn23)C[C@H](C)CC5)c1. The van der Waals surface area contributed by atoms with Gasteiger partial charge >= 0.3 is 0 Å². The van der Waals surface area contributed by atoms with E-state index in [2.05, 4.69) is 17.1 Å². The van der Waals surface area contributed by atoms with Crippen LogP contribution in [0.5, 0.6) is 5.75 Å². The van der Waals surface area contributed by atoms with E-state index in [0.29, 0.717) is 0 Å². The first-order valence-corrected chi connectivity index (χ1v) is 9.34. The molecule has 6 heteroatoms. The van der Waals surface area contributed by atoms with E-state index in [9.17, 15) is 0 Å². The maximum absolute atomic E-state index is 5.34. The van der Waals surface area contributed by atoms with Crippen LogP contribution in [0.3, 0.4) is 0 Å². The van der Waals surface area contributed by atoms with Gasteiger partial charge in [0.2, 0.25) is 0 Å². The smallest absolute Gasteiger partial charge is 0.172 e. The lowest BCUT2D eigenvalue weighted by atomic mass is 9.89. The van der Waals surface area contributed by atoms with Gasteiger partial charge in [-0.2, -0.15) is 0 Å². The van der Waals surface area contributed by atoms with Crippen LogP contribution in [0, 0.1) is 5.92 Å². The average Bonchev–Trinajstić information content (AvgIpc) is 3.21. The first-order valence-electron chi connectivity index (χ1n) is 8.53. The van der Waals surface area contributed by atoms with E-state index in [-0.39, 0.29) is 0 Å². The van der Waals surface area contributed by atoms with Gasteiger partial charge in [-0.3, -0.25) is 4.40 Å². The van der Waals surface area contributed by atoms with Gasteiger partial charge in [0.1, 0.15) is 16.9 Å². The van der Waals surface area contributed by atoms with E-state index in [1.165, 1.54) is 22.2 Å². The van der Waals surface area contributed by atoms with Gasteiger partial charge in [0.05, 0.1) is 12.5 Å². The van der Waals surface area contributed by atoms with Crippen molar-refractivity contribution in [1.29, 1.82) is 0 Å². The van der Waals surface area contributed by atoms with Crippen molar-refractivity contribution in [3.8, 4) is 17.1 Å². The molecule has 0 bridgehead atoms. The largest absolute Gasteiger partial charge is 0.497 e. The third-order valence-electron chi connectivity index (χ3n) is 5.03. The molecule has 0 saturated carbocycles. The highest BCUT2D eigenvalue weighted by molar-refractivity contribution is 7.19. The second kappa shape index (κ2) is 5.52. The Morgan fingerprint density at radius 1 is 1.28 bits per heavy atom. The molecule has 0 radical (unpaired) electrons. The summed E-state index contributed by atoms with van der Waals surface area (Å²) in [6, 6.07) is 7.90. The van der Waals surface area contributed by atoms with Gasteiger partial charge in [0, 0.05) is 10.4 Å². The molecule has 1 aromatic carbocycles. The van der Waals surface area contributed by atoms with Crippen molar-refractivity contribution in [3.63, 3.8) is 0 Å². The predicted octanol–water partition coefficient (Wildman–Crippen LogP) is 4.14. The minimum Gasteiger partial charge on any atom is -0.497 e. The number of methoxy groups -OCH3 is 1. The van der Waals surface area contributed by atoms with Crippen LogP contribution < -0.4 is 4.74 Å². The summed E-state index contributed by atoms with van der Waals surface area (Å²) in [6.45, 7) is 2.33. The zero-order valence-corrected chi connectivity index (χ0v) is 15.0. The van der Waals surface area contributed by atoms with Gasteiger partial charge in [-0.25, -0.2) is 4.98 Å². The molecular weight excluding hydrogens is 332 g/mol. The fourth-order valence-electron chi connectivity index (χ4n) is 3.70. The number of nitrogens with zero attached hydrogens (tertiary/aromatic N) is 4. The summed E-state index contributed by atoms with van der Waals surface area (Å²) >= 11 is 1.82. The average molecular weight is 350 g/mol. The first kappa shape index (κ1) is 14.8. The van der Waals surface area contributed by atoms with Crippen molar-refractivity contribution in [3.05, 3.63) is 41.0 Å². The normalized spacial score (nSPS) is 17.1. The lowest BCUT2D eigenvalue weighted by Gasteiger charge is -2.17. The summed E-state index contributed by atoms with van der Waals surface area (Å²) in [5, 5.41) is 10.2. The van der Waals surface area contributed by atoms with Crippen LogP contribution in [0.1, 0.15) is 23.8 Å². The van der Waals surface area contributed by atoms with Crippen molar-refractivity contribution in [2.75, 3.05) is 7.11 Å². The number of fused-ring (bicyclic) bond motifs is 5. The highest BCUT2D eigenvalue weighted by atomic mass is 32.1. The second-order valence-electron chi connectivity index (χ2n) is 6.73. The Morgan fingerprint density at radius 3 is 3.08 bits per heavy atom. The molecule has 4 aromatic rings. The van der Waals surface area contributed by atoms with E-state index in [4.69, 9.17) is 9.72 Å². The predicted molar refractivity (Wildman–Crippen MR) is 99.3 cm³/mol. The molecule has 3 heterocycles. The van der Waals surface area contributed by atoms with Crippen LogP contribution >= 0.6 is 11.3 Å². The van der Waals surface area contributed by atoms with E-state index in [1.807, 2.05) is 46.3 Å². The number of rotatable bonds is 2. The Kier molecular flexibility index (Phi) is 3.28. The van der Waals surface area contributed by atoms with Crippen LogP contribution in [0.4, 0.5) is 0 Å². The lowest BCUT2D eigenvalue weighted by molar-refractivity contribution is 0.415. The van der Waals surface area contributed by atoms with Gasteiger partial charge in [-0.15, -0.1) is 21.5 Å². The lowest BCUT2D eigenvalue weighted by Crippen LogP contribution is -2.08. The summed E-state index contributed by atoms with van der Waals surface area (Å²) in [5.74, 6) is 2.36. The summed E-state index contributed by atoms with van der Waals surface area (Å²) in [6.07, 6.45) is 5.34. The van der Waals surface area contributed by atoms with E-state index in [1.54, 1.807) is 7.11 Å². The molecule has 126 valence electrons. The fourth-order valence-corrected chi connectivity index (χ4v) is 5.04. The molecule has 1 atom stereocenters. The van der Waals surface area contributed by atoms with Crippen LogP contribution in [0.2, 0.25) is 0 Å². The molecule has 0 spiro atoms. The molecule has 0 amide bonds. The van der Waals surface area contributed by atoms with E-state index >= 15 is 0 Å². The number of aryl methyl sites for hydroxylation is 1. The van der Waals surface area contributed by atoms with Crippen molar-refractivity contribution >= 4 is 27.2 Å². The third kappa shape index (κ3) is 2.24.